The molecule has 2 aliphatic rings. The van der Waals surface area contributed by atoms with Gasteiger partial charge in [0.2, 0.25) is 0 Å². The SMILES string of the molecule is c1ccc([C@H]2C[C@@H]2NCC2CCCCC2)cc1. The maximum atomic E-state index is 3.77. The van der Waals surface area contributed by atoms with Crippen LogP contribution in [0.25, 0.3) is 0 Å². The highest BCUT2D eigenvalue weighted by atomic mass is 15.0. The minimum atomic E-state index is 0.763. The van der Waals surface area contributed by atoms with E-state index in [1.165, 1.54) is 50.6 Å². The Labute approximate surface area is 105 Å². The van der Waals surface area contributed by atoms with E-state index in [0.29, 0.717) is 0 Å². The molecule has 0 bridgehead atoms. The Morgan fingerprint density at radius 1 is 1.00 bits per heavy atom. The second kappa shape index (κ2) is 5.22. The van der Waals surface area contributed by atoms with Crippen molar-refractivity contribution in [2.45, 2.75) is 50.5 Å². The number of hydrogen-bond donors (Lipinski definition) is 1. The van der Waals surface area contributed by atoms with Crippen LogP contribution >= 0.6 is 0 Å². The molecule has 3 rings (SSSR count). The van der Waals surface area contributed by atoms with Crippen LogP contribution in [-0.2, 0) is 0 Å². The molecular formula is C16H23N. The summed E-state index contributed by atoms with van der Waals surface area (Å²) in [6, 6.07) is 11.7. The van der Waals surface area contributed by atoms with Gasteiger partial charge in [-0.15, -0.1) is 0 Å². The van der Waals surface area contributed by atoms with Crippen LogP contribution < -0.4 is 5.32 Å². The van der Waals surface area contributed by atoms with Gasteiger partial charge in [0, 0.05) is 12.0 Å². The van der Waals surface area contributed by atoms with E-state index in [-0.39, 0.29) is 0 Å². The first-order valence-electron chi connectivity index (χ1n) is 7.22. The summed E-state index contributed by atoms with van der Waals surface area (Å²) in [7, 11) is 0. The van der Waals surface area contributed by atoms with Gasteiger partial charge in [-0.05, 0) is 37.3 Å². The third kappa shape index (κ3) is 2.90. The topological polar surface area (TPSA) is 12.0 Å². The third-order valence-electron chi connectivity index (χ3n) is 4.41. The van der Waals surface area contributed by atoms with Gasteiger partial charge in [0.05, 0.1) is 0 Å². The molecule has 17 heavy (non-hydrogen) atoms. The lowest BCUT2D eigenvalue weighted by atomic mass is 9.89. The van der Waals surface area contributed by atoms with Crippen molar-refractivity contribution in [2.75, 3.05) is 6.54 Å². The first kappa shape index (κ1) is 11.3. The van der Waals surface area contributed by atoms with Crippen molar-refractivity contribution in [3.05, 3.63) is 35.9 Å². The molecule has 0 saturated heterocycles. The van der Waals surface area contributed by atoms with Crippen molar-refractivity contribution in [3.63, 3.8) is 0 Å². The van der Waals surface area contributed by atoms with Crippen LogP contribution in [0.2, 0.25) is 0 Å². The molecule has 1 heteroatoms. The molecule has 2 fully saturated rings. The van der Waals surface area contributed by atoms with Crippen LogP contribution in [0.4, 0.5) is 0 Å². The van der Waals surface area contributed by atoms with Crippen molar-refractivity contribution in [2.24, 2.45) is 5.92 Å². The van der Waals surface area contributed by atoms with Crippen LogP contribution in [0.1, 0.15) is 50.0 Å². The molecule has 1 aromatic carbocycles. The molecule has 1 N–H and O–H groups in total. The number of rotatable bonds is 4. The second-order valence-corrected chi connectivity index (χ2v) is 5.77. The van der Waals surface area contributed by atoms with Crippen molar-refractivity contribution >= 4 is 0 Å². The predicted octanol–water partition coefficient (Wildman–Crippen LogP) is 3.71. The van der Waals surface area contributed by atoms with Gasteiger partial charge in [-0.2, -0.15) is 0 Å². The quantitative estimate of drug-likeness (QED) is 0.830. The zero-order chi connectivity index (χ0) is 11.5. The molecule has 0 radical (unpaired) electrons. The smallest absolute Gasteiger partial charge is 0.0143 e. The fourth-order valence-electron chi connectivity index (χ4n) is 3.20. The van der Waals surface area contributed by atoms with Crippen LogP contribution in [0.15, 0.2) is 30.3 Å². The van der Waals surface area contributed by atoms with Crippen LogP contribution in [0.5, 0.6) is 0 Å². The molecule has 0 unspecified atom stereocenters. The monoisotopic (exact) mass is 229 g/mol. The molecule has 0 aliphatic heterocycles. The standard InChI is InChI=1S/C16H23N/c1-3-7-13(8-4-1)12-17-16-11-15(16)14-9-5-2-6-10-14/h2,5-6,9-10,13,15-17H,1,3-4,7-8,11-12H2/t15-,16+/m1/s1. The summed E-state index contributed by atoms with van der Waals surface area (Å²) in [5, 5.41) is 3.77. The molecular weight excluding hydrogens is 206 g/mol. The van der Waals surface area contributed by atoms with Crippen molar-refractivity contribution in [3.8, 4) is 0 Å². The third-order valence-corrected chi connectivity index (χ3v) is 4.41. The lowest BCUT2D eigenvalue weighted by Crippen LogP contribution is -2.27. The van der Waals surface area contributed by atoms with E-state index in [1.807, 2.05) is 0 Å². The molecule has 0 spiro atoms. The molecule has 1 aromatic rings. The van der Waals surface area contributed by atoms with E-state index < -0.39 is 0 Å². The molecule has 2 aliphatic carbocycles. The Hall–Kier alpha value is -0.820. The Morgan fingerprint density at radius 3 is 2.53 bits per heavy atom. The van der Waals surface area contributed by atoms with E-state index in [0.717, 1.165) is 17.9 Å². The van der Waals surface area contributed by atoms with Gasteiger partial charge in [0.1, 0.15) is 0 Å². The molecule has 0 heterocycles. The molecule has 2 atom stereocenters. The zero-order valence-corrected chi connectivity index (χ0v) is 10.6. The van der Waals surface area contributed by atoms with Crippen LogP contribution in [0, 0.1) is 5.92 Å². The molecule has 1 nitrogen and oxygen atoms in total. The fourth-order valence-corrected chi connectivity index (χ4v) is 3.20. The van der Waals surface area contributed by atoms with Crippen molar-refractivity contribution < 1.29 is 0 Å². The highest BCUT2D eigenvalue weighted by molar-refractivity contribution is 5.27. The minimum absolute atomic E-state index is 0.763. The average Bonchev–Trinajstić information content (AvgIpc) is 3.18. The Balaban J connectivity index is 1.43. The van der Waals surface area contributed by atoms with Crippen LogP contribution in [-0.4, -0.2) is 12.6 Å². The average molecular weight is 229 g/mol. The Kier molecular flexibility index (Phi) is 3.46. The number of hydrogen-bond acceptors (Lipinski definition) is 1. The highest BCUT2D eigenvalue weighted by Gasteiger charge is 2.37. The first-order chi connectivity index (χ1) is 8.43. The molecule has 0 amide bonds. The van der Waals surface area contributed by atoms with E-state index in [1.54, 1.807) is 0 Å². The highest BCUT2D eigenvalue weighted by Crippen LogP contribution is 2.40. The second-order valence-electron chi connectivity index (χ2n) is 5.77. The van der Waals surface area contributed by atoms with Gasteiger partial charge in [-0.3, -0.25) is 0 Å². The summed E-state index contributed by atoms with van der Waals surface area (Å²) in [5.41, 5.74) is 1.52. The van der Waals surface area contributed by atoms with Crippen LogP contribution in [0.3, 0.4) is 0 Å². The first-order valence-corrected chi connectivity index (χ1v) is 7.22. The lowest BCUT2D eigenvalue weighted by molar-refractivity contribution is 0.341. The van der Waals surface area contributed by atoms with Gasteiger partial charge in [0.25, 0.3) is 0 Å². The van der Waals surface area contributed by atoms with E-state index in [2.05, 4.69) is 35.6 Å². The summed E-state index contributed by atoms with van der Waals surface area (Å²) >= 11 is 0. The van der Waals surface area contributed by atoms with E-state index >= 15 is 0 Å². The predicted molar refractivity (Wildman–Crippen MR) is 72.2 cm³/mol. The summed E-state index contributed by atoms with van der Waals surface area (Å²) in [5.74, 6) is 1.75. The summed E-state index contributed by atoms with van der Waals surface area (Å²) in [6.07, 6.45) is 8.63. The van der Waals surface area contributed by atoms with Gasteiger partial charge in [-0.25, -0.2) is 0 Å². The van der Waals surface area contributed by atoms with Gasteiger partial charge < -0.3 is 5.32 Å². The minimum Gasteiger partial charge on any atom is -0.313 e. The number of nitrogens with one attached hydrogen (secondary N) is 1. The summed E-state index contributed by atoms with van der Waals surface area (Å²) < 4.78 is 0. The Bertz CT molecular complexity index is 340. The summed E-state index contributed by atoms with van der Waals surface area (Å²) in [4.78, 5) is 0. The molecule has 0 aromatic heterocycles. The lowest BCUT2D eigenvalue weighted by Gasteiger charge is -2.21. The summed E-state index contributed by atoms with van der Waals surface area (Å²) in [6.45, 7) is 1.26. The number of benzene rings is 1. The van der Waals surface area contributed by atoms with Crippen molar-refractivity contribution in [1.82, 2.24) is 5.32 Å². The van der Waals surface area contributed by atoms with E-state index in [9.17, 15) is 0 Å². The Morgan fingerprint density at radius 2 is 1.76 bits per heavy atom. The zero-order valence-electron chi connectivity index (χ0n) is 10.6. The normalized spacial score (nSPS) is 29.2. The van der Waals surface area contributed by atoms with Gasteiger partial charge in [0.15, 0.2) is 0 Å². The largest absolute Gasteiger partial charge is 0.313 e. The van der Waals surface area contributed by atoms with E-state index in [4.69, 9.17) is 0 Å². The molecule has 2 saturated carbocycles. The molecule has 92 valence electrons. The van der Waals surface area contributed by atoms with Gasteiger partial charge in [-0.1, -0.05) is 49.6 Å². The maximum Gasteiger partial charge on any atom is 0.0143 e. The maximum absolute atomic E-state index is 3.77. The fraction of sp³-hybridized carbons (Fsp3) is 0.625. The van der Waals surface area contributed by atoms with Gasteiger partial charge >= 0.3 is 0 Å². The van der Waals surface area contributed by atoms with Crippen molar-refractivity contribution in [1.29, 1.82) is 0 Å².